The summed E-state index contributed by atoms with van der Waals surface area (Å²) >= 11 is 3.53. The monoisotopic (exact) mass is 750 g/mol. The number of benzene rings is 8. The van der Waals surface area contributed by atoms with E-state index >= 15 is 0 Å². The van der Waals surface area contributed by atoms with Crippen LogP contribution in [0.15, 0.2) is 182 Å². The van der Waals surface area contributed by atoms with Gasteiger partial charge in [-0.2, -0.15) is 0 Å². The molecule has 6 heteroatoms. The molecule has 0 fully saturated rings. The molecular weight excluding hydrogens is 721 g/mol. The molecule has 0 amide bonds. The quantitative estimate of drug-likeness (QED) is 0.170. The first-order valence-corrected chi connectivity index (χ1v) is 20.2. The summed E-state index contributed by atoms with van der Waals surface area (Å²) in [4.78, 5) is 20.2. The number of hydrogen-bond acceptors (Lipinski definition) is 6. The summed E-state index contributed by atoms with van der Waals surface area (Å²) < 4.78 is 3.59. The van der Waals surface area contributed by atoms with Gasteiger partial charge in [-0.05, 0) is 51.2 Å². The van der Waals surface area contributed by atoms with E-state index in [0.29, 0.717) is 17.5 Å². The van der Waals surface area contributed by atoms with Gasteiger partial charge in [0.25, 0.3) is 0 Å². The molecule has 0 saturated carbocycles. The summed E-state index contributed by atoms with van der Waals surface area (Å²) in [6.07, 6.45) is 0. The lowest BCUT2D eigenvalue weighted by Crippen LogP contribution is -2.00. The summed E-state index contributed by atoms with van der Waals surface area (Å²) in [6.45, 7) is 0. The summed E-state index contributed by atoms with van der Waals surface area (Å²) in [5.74, 6) is 1.94. The highest BCUT2D eigenvalue weighted by atomic mass is 32.1. The van der Waals surface area contributed by atoms with E-state index in [1.54, 1.807) is 22.7 Å². The number of nitrogens with zero attached hydrogens (tertiary/aromatic N) is 4. The molecule has 0 atom stereocenters. The van der Waals surface area contributed by atoms with Crippen LogP contribution >= 0.6 is 22.7 Å². The van der Waals surface area contributed by atoms with Crippen LogP contribution in [0.1, 0.15) is 0 Å². The van der Waals surface area contributed by atoms with Gasteiger partial charge in [-0.3, -0.25) is 0 Å². The van der Waals surface area contributed by atoms with Crippen molar-refractivity contribution >= 4 is 63.8 Å². The maximum atomic E-state index is 5.08. The van der Waals surface area contributed by atoms with Gasteiger partial charge in [0.05, 0.1) is 10.2 Å². The van der Waals surface area contributed by atoms with E-state index in [0.717, 1.165) is 38.3 Å². The lowest BCUT2D eigenvalue weighted by molar-refractivity contribution is 1.07. The Balaban J connectivity index is 0.951. The van der Waals surface area contributed by atoms with Crippen molar-refractivity contribution in [3.63, 3.8) is 0 Å². The molecule has 11 aromatic rings. The Morgan fingerprint density at radius 3 is 1.62 bits per heavy atom. The van der Waals surface area contributed by atoms with E-state index in [2.05, 4.69) is 146 Å². The Hall–Kier alpha value is -6.86. The second-order valence-corrected chi connectivity index (χ2v) is 16.0. The lowest BCUT2D eigenvalue weighted by atomic mass is 9.97. The first-order valence-electron chi connectivity index (χ1n) is 18.5. The molecular formula is C50H30N4S2. The van der Waals surface area contributed by atoms with E-state index < -0.39 is 0 Å². The first kappa shape index (κ1) is 32.6. The van der Waals surface area contributed by atoms with E-state index in [4.69, 9.17) is 19.9 Å². The molecule has 0 unspecified atom stereocenters. The minimum Gasteiger partial charge on any atom is -0.236 e. The number of thiophene rings is 1. The normalized spacial score (nSPS) is 11.6. The molecule has 0 radical (unpaired) electrons. The second kappa shape index (κ2) is 13.5. The van der Waals surface area contributed by atoms with Gasteiger partial charge >= 0.3 is 0 Å². The summed E-state index contributed by atoms with van der Waals surface area (Å²) in [7, 11) is 0. The van der Waals surface area contributed by atoms with Crippen molar-refractivity contribution in [2.45, 2.75) is 0 Å². The van der Waals surface area contributed by atoms with Crippen molar-refractivity contribution in [1.29, 1.82) is 0 Å². The summed E-state index contributed by atoms with van der Waals surface area (Å²) in [5.41, 5.74) is 9.79. The number of thiazole rings is 1. The van der Waals surface area contributed by atoms with Crippen LogP contribution in [0, 0.1) is 0 Å². The molecule has 262 valence electrons. The van der Waals surface area contributed by atoms with Gasteiger partial charge in [0, 0.05) is 42.4 Å². The van der Waals surface area contributed by atoms with Gasteiger partial charge in [0.2, 0.25) is 0 Å². The molecule has 0 aliphatic rings. The number of fused-ring (bicyclic) bond motifs is 5. The van der Waals surface area contributed by atoms with E-state index in [1.165, 1.54) is 52.3 Å². The Morgan fingerprint density at radius 2 is 0.857 bits per heavy atom. The number of aromatic nitrogens is 4. The van der Waals surface area contributed by atoms with Gasteiger partial charge in [-0.25, -0.2) is 19.9 Å². The average molecular weight is 751 g/mol. The minimum atomic E-state index is 0.645. The zero-order chi connectivity index (χ0) is 37.0. The molecule has 8 aromatic carbocycles. The molecule has 0 N–H and O–H groups in total. The Labute approximate surface area is 331 Å². The van der Waals surface area contributed by atoms with Crippen molar-refractivity contribution < 1.29 is 0 Å². The van der Waals surface area contributed by atoms with E-state index in [1.807, 2.05) is 36.4 Å². The van der Waals surface area contributed by atoms with Crippen LogP contribution in [-0.2, 0) is 0 Å². The third-order valence-electron chi connectivity index (χ3n) is 10.4. The van der Waals surface area contributed by atoms with Crippen molar-refractivity contribution in [3.05, 3.63) is 182 Å². The van der Waals surface area contributed by atoms with Gasteiger partial charge < -0.3 is 0 Å². The van der Waals surface area contributed by atoms with Gasteiger partial charge in [-0.1, -0.05) is 164 Å². The summed E-state index contributed by atoms with van der Waals surface area (Å²) in [6, 6.07) is 64.0. The highest BCUT2D eigenvalue weighted by Crippen LogP contribution is 2.41. The molecule has 0 aliphatic heterocycles. The first-order chi connectivity index (χ1) is 27.7. The minimum absolute atomic E-state index is 0.645. The highest BCUT2D eigenvalue weighted by Gasteiger charge is 2.16. The molecule has 56 heavy (non-hydrogen) atoms. The van der Waals surface area contributed by atoms with Crippen molar-refractivity contribution in [2.75, 3.05) is 0 Å². The fourth-order valence-corrected chi connectivity index (χ4v) is 9.67. The number of hydrogen-bond donors (Lipinski definition) is 0. The molecule has 11 rings (SSSR count). The van der Waals surface area contributed by atoms with E-state index in [-0.39, 0.29) is 0 Å². The predicted octanol–water partition coefficient (Wildman–Crippen LogP) is 14.0. The fourth-order valence-electron chi connectivity index (χ4n) is 7.52. The fraction of sp³-hybridized carbons (Fsp3) is 0. The predicted molar refractivity (Wildman–Crippen MR) is 236 cm³/mol. The highest BCUT2D eigenvalue weighted by molar-refractivity contribution is 7.26. The Kier molecular flexibility index (Phi) is 7.83. The van der Waals surface area contributed by atoms with Crippen LogP contribution in [0.3, 0.4) is 0 Å². The zero-order valence-corrected chi connectivity index (χ0v) is 31.6. The molecule has 0 spiro atoms. The van der Waals surface area contributed by atoms with Crippen molar-refractivity contribution in [2.24, 2.45) is 0 Å². The van der Waals surface area contributed by atoms with Crippen LogP contribution in [0.25, 0.3) is 108 Å². The molecule has 3 aromatic heterocycles. The second-order valence-electron chi connectivity index (χ2n) is 13.9. The van der Waals surface area contributed by atoms with Crippen LogP contribution in [0.4, 0.5) is 0 Å². The standard InChI is InChI=1S/C50H30N4S2/c1-3-10-31(11-4-1)32-18-24-37(25-19-32)50-51-43-30-45-42(29-46(43)56-50)41-27-26-38(28-44(41)55-45)49-53-47(35-13-5-2-6-14-35)52-48(54-49)36-22-20-34(21-23-36)40-17-9-15-33-12-7-8-16-39(33)40/h1-30H. The molecule has 0 bridgehead atoms. The van der Waals surface area contributed by atoms with Crippen LogP contribution in [-0.4, -0.2) is 19.9 Å². The smallest absolute Gasteiger partial charge is 0.164 e. The van der Waals surface area contributed by atoms with Crippen LogP contribution in [0.2, 0.25) is 0 Å². The zero-order valence-electron chi connectivity index (χ0n) is 29.9. The maximum absolute atomic E-state index is 5.08. The third-order valence-corrected chi connectivity index (χ3v) is 12.6. The Morgan fingerprint density at radius 1 is 0.304 bits per heavy atom. The Bertz CT molecular complexity index is 3220. The molecule has 0 aliphatic carbocycles. The third kappa shape index (κ3) is 5.84. The summed E-state index contributed by atoms with van der Waals surface area (Å²) in [5, 5.41) is 5.96. The molecule has 0 saturated heterocycles. The van der Waals surface area contributed by atoms with E-state index in [9.17, 15) is 0 Å². The largest absolute Gasteiger partial charge is 0.236 e. The number of rotatable bonds is 6. The maximum Gasteiger partial charge on any atom is 0.164 e. The average Bonchev–Trinajstić information content (AvgIpc) is 3.86. The SMILES string of the molecule is c1ccc(-c2ccc(-c3nc4cc5sc6cc(-c7nc(-c8ccccc8)nc(-c8ccc(-c9cccc%10ccccc9%10)cc8)n7)ccc6c5cc4s3)cc2)cc1. The van der Waals surface area contributed by atoms with Gasteiger partial charge in [0.1, 0.15) is 5.01 Å². The topological polar surface area (TPSA) is 51.6 Å². The molecule has 4 nitrogen and oxygen atoms in total. The lowest BCUT2D eigenvalue weighted by Gasteiger charge is -2.10. The van der Waals surface area contributed by atoms with Crippen molar-refractivity contribution in [1.82, 2.24) is 19.9 Å². The van der Waals surface area contributed by atoms with Crippen molar-refractivity contribution in [3.8, 4) is 67.0 Å². The van der Waals surface area contributed by atoms with Crippen LogP contribution in [0.5, 0.6) is 0 Å². The van der Waals surface area contributed by atoms with Gasteiger partial charge in [-0.15, -0.1) is 22.7 Å². The van der Waals surface area contributed by atoms with Gasteiger partial charge in [0.15, 0.2) is 17.5 Å². The van der Waals surface area contributed by atoms with Crippen LogP contribution < -0.4 is 0 Å². The molecule has 3 heterocycles.